The molecule has 0 aromatic carbocycles. The molecule has 0 spiro atoms. The molecule has 0 aliphatic heterocycles. The highest BCUT2D eigenvalue weighted by atomic mass is 16.5. The second-order valence-corrected chi connectivity index (χ2v) is 2.08. The van der Waals surface area contributed by atoms with Crippen LogP contribution in [0.4, 0.5) is 0 Å². The van der Waals surface area contributed by atoms with E-state index in [1.54, 1.807) is 0 Å². The van der Waals surface area contributed by atoms with E-state index in [1.165, 1.54) is 0 Å². The molecular weight excluding hydrogens is 142 g/mol. The molecular formula is C8H13NO2. The third-order valence-electron chi connectivity index (χ3n) is 1.07. The summed E-state index contributed by atoms with van der Waals surface area (Å²) in [6, 6.07) is 0. The van der Waals surface area contributed by atoms with Gasteiger partial charge in [-0.05, 0) is 0 Å². The summed E-state index contributed by atoms with van der Waals surface area (Å²) < 4.78 is 4.90. The zero-order chi connectivity index (χ0) is 8.53. The Bertz CT molecular complexity index is 149. The Balaban J connectivity index is 3.17. The fourth-order valence-corrected chi connectivity index (χ4v) is 0.553. The van der Waals surface area contributed by atoms with Crippen molar-refractivity contribution in [2.45, 2.75) is 12.8 Å². The Morgan fingerprint density at radius 1 is 1.64 bits per heavy atom. The van der Waals surface area contributed by atoms with Crippen LogP contribution in [0.3, 0.4) is 0 Å². The Labute approximate surface area is 66.9 Å². The molecule has 11 heavy (non-hydrogen) atoms. The fourth-order valence-electron chi connectivity index (χ4n) is 0.553. The van der Waals surface area contributed by atoms with Crippen LogP contribution in [0.1, 0.15) is 12.8 Å². The number of rotatable bonds is 6. The third kappa shape index (κ3) is 7.04. The normalized spacial score (nSPS) is 9.09. The van der Waals surface area contributed by atoms with Gasteiger partial charge in [0.25, 0.3) is 0 Å². The van der Waals surface area contributed by atoms with E-state index < -0.39 is 0 Å². The number of hydrogen-bond acceptors (Lipinski definition) is 3. The topological polar surface area (TPSA) is 52.3 Å². The van der Waals surface area contributed by atoms with Crippen molar-refractivity contribution in [2.24, 2.45) is 5.73 Å². The number of carbonyl (C=O) groups is 1. The van der Waals surface area contributed by atoms with Gasteiger partial charge in [-0.25, -0.2) is 0 Å². The smallest absolute Gasteiger partial charge is 0.159 e. The summed E-state index contributed by atoms with van der Waals surface area (Å²) in [6.07, 6.45) is 5.86. The molecule has 2 N–H and O–H groups in total. The van der Waals surface area contributed by atoms with Gasteiger partial charge in [-0.1, -0.05) is 0 Å². The minimum Gasteiger partial charge on any atom is -0.372 e. The first kappa shape index (κ1) is 10.2. The highest BCUT2D eigenvalue weighted by Gasteiger charge is 1.98. The van der Waals surface area contributed by atoms with Crippen LogP contribution in [0.25, 0.3) is 0 Å². The molecule has 0 aromatic rings. The maximum atomic E-state index is 10.8. The molecule has 0 aliphatic carbocycles. The van der Waals surface area contributed by atoms with Gasteiger partial charge in [-0.15, -0.1) is 12.3 Å². The van der Waals surface area contributed by atoms with Crippen LogP contribution in [0.15, 0.2) is 0 Å². The number of carbonyl (C=O) groups excluding carboxylic acids is 1. The van der Waals surface area contributed by atoms with Gasteiger partial charge in [0.1, 0.15) is 6.61 Å². The molecule has 0 amide bonds. The Kier molecular flexibility index (Phi) is 6.70. The lowest BCUT2D eigenvalue weighted by molar-refractivity contribution is -0.123. The Morgan fingerprint density at radius 2 is 2.36 bits per heavy atom. The zero-order valence-electron chi connectivity index (χ0n) is 6.51. The van der Waals surface area contributed by atoms with Gasteiger partial charge in [-0.2, -0.15) is 0 Å². The summed E-state index contributed by atoms with van der Waals surface area (Å²) in [4.78, 5) is 10.8. The summed E-state index contributed by atoms with van der Waals surface area (Å²) in [6.45, 7) is 1.02. The molecule has 0 unspecified atom stereocenters. The number of terminal acetylenes is 1. The number of Topliss-reactive ketones (excluding diaryl/α,β-unsaturated/α-hetero) is 1. The maximum Gasteiger partial charge on any atom is 0.159 e. The molecule has 3 heteroatoms. The minimum atomic E-state index is 0.0383. The van der Waals surface area contributed by atoms with Gasteiger partial charge >= 0.3 is 0 Å². The van der Waals surface area contributed by atoms with Crippen molar-refractivity contribution in [1.29, 1.82) is 0 Å². The van der Waals surface area contributed by atoms with Crippen molar-refractivity contribution >= 4 is 5.78 Å². The standard InChI is InChI=1S/C8H13NO2/c1-2-3-4-8(10)7-11-6-5-9/h1H,3-7,9H2. The Morgan fingerprint density at radius 3 is 2.91 bits per heavy atom. The quantitative estimate of drug-likeness (QED) is 0.432. The lowest BCUT2D eigenvalue weighted by atomic mass is 10.2. The van der Waals surface area contributed by atoms with Crippen molar-refractivity contribution in [2.75, 3.05) is 19.8 Å². The molecule has 0 rings (SSSR count). The van der Waals surface area contributed by atoms with Crippen molar-refractivity contribution in [1.82, 2.24) is 0 Å². The lowest BCUT2D eigenvalue weighted by Crippen LogP contribution is -2.14. The SMILES string of the molecule is C#CCCC(=O)COCCN. The van der Waals surface area contributed by atoms with Gasteiger partial charge in [-0.3, -0.25) is 4.79 Å². The molecule has 0 fully saturated rings. The average Bonchev–Trinajstić information content (AvgIpc) is 2.01. The number of ketones is 1. The van der Waals surface area contributed by atoms with Crippen LogP contribution in [0.2, 0.25) is 0 Å². The predicted molar refractivity (Wildman–Crippen MR) is 42.9 cm³/mol. The molecule has 0 saturated heterocycles. The van der Waals surface area contributed by atoms with E-state index >= 15 is 0 Å². The van der Waals surface area contributed by atoms with Crippen LogP contribution >= 0.6 is 0 Å². The summed E-state index contributed by atoms with van der Waals surface area (Å²) in [5, 5.41) is 0. The summed E-state index contributed by atoms with van der Waals surface area (Å²) in [5.41, 5.74) is 5.15. The van der Waals surface area contributed by atoms with E-state index in [4.69, 9.17) is 16.9 Å². The molecule has 0 heterocycles. The van der Waals surface area contributed by atoms with Gasteiger partial charge in [0.15, 0.2) is 5.78 Å². The second kappa shape index (κ2) is 7.26. The van der Waals surface area contributed by atoms with Crippen molar-refractivity contribution in [3.05, 3.63) is 0 Å². The second-order valence-electron chi connectivity index (χ2n) is 2.08. The molecule has 0 bridgehead atoms. The van der Waals surface area contributed by atoms with Gasteiger partial charge in [0, 0.05) is 19.4 Å². The minimum absolute atomic E-state index is 0.0383. The monoisotopic (exact) mass is 155 g/mol. The van der Waals surface area contributed by atoms with E-state index in [1.807, 2.05) is 0 Å². The first-order valence-electron chi connectivity index (χ1n) is 3.54. The zero-order valence-corrected chi connectivity index (χ0v) is 6.51. The molecule has 62 valence electrons. The van der Waals surface area contributed by atoms with E-state index in [-0.39, 0.29) is 12.4 Å². The van der Waals surface area contributed by atoms with Crippen LogP contribution in [0, 0.1) is 12.3 Å². The van der Waals surface area contributed by atoms with Crippen molar-refractivity contribution in [3.63, 3.8) is 0 Å². The highest BCUT2D eigenvalue weighted by molar-refractivity contribution is 5.79. The molecule has 0 aliphatic rings. The lowest BCUT2D eigenvalue weighted by Gasteiger charge is -1.98. The largest absolute Gasteiger partial charge is 0.372 e. The van der Waals surface area contributed by atoms with Gasteiger partial charge in [0.05, 0.1) is 6.61 Å². The fraction of sp³-hybridized carbons (Fsp3) is 0.625. The van der Waals surface area contributed by atoms with Crippen LogP contribution < -0.4 is 5.73 Å². The van der Waals surface area contributed by atoms with E-state index in [0.29, 0.717) is 26.0 Å². The summed E-state index contributed by atoms with van der Waals surface area (Å²) in [5.74, 6) is 2.43. The number of ether oxygens (including phenoxy) is 1. The Hall–Kier alpha value is -0.850. The predicted octanol–water partition coefficient (Wildman–Crippen LogP) is -0.0558. The van der Waals surface area contributed by atoms with Crippen LogP contribution in [0.5, 0.6) is 0 Å². The maximum absolute atomic E-state index is 10.8. The third-order valence-corrected chi connectivity index (χ3v) is 1.07. The number of hydrogen-bond donors (Lipinski definition) is 1. The van der Waals surface area contributed by atoms with Crippen LogP contribution in [-0.4, -0.2) is 25.5 Å². The average molecular weight is 155 g/mol. The number of nitrogens with two attached hydrogens (primary N) is 1. The van der Waals surface area contributed by atoms with E-state index in [0.717, 1.165) is 0 Å². The van der Waals surface area contributed by atoms with E-state index in [2.05, 4.69) is 5.92 Å². The van der Waals surface area contributed by atoms with Crippen molar-refractivity contribution < 1.29 is 9.53 Å². The van der Waals surface area contributed by atoms with Crippen LogP contribution in [-0.2, 0) is 9.53 Å². The summed E-state index contributed by atoms with van der Waals surface area (Å²) >= 11 is 0. The first-order valence-corrected chi connectivity index (χ1v) is 3.54. The van der Waals surface area contributed by atoms with Crippen molar-refractivity contribution in [3.8, 4) is 12.3 Å². The molecule has 0 aromatic heterocycles. The van der Waals surface area contributed by atoms with Gasteiger partial charge in [0.2, 0.25) is 0 Å². The van der Waals surface area contributed by atoms with E-state index in [9.17, 15) is 4.79 Å². The molecule has 0 radical (unpaired) electrons. The summed E-state index contributed by atoms with van der Waals surface area (Å²) in [7, 11) is 0. The molecule has 3 nitrogen and oxygen atoms in total. The molecule has 0 atom stereocenters. The highest BCUT2D eigenvalue weighted by Crippen LogP contribution is 1.89. The first-order chi connectivity index (χ1) is 5.31. The molecule has 0 saturated carbocycles. The van der Waals surface area contributed by atoms with Gasteiger partial charge < -0.3 is 10.5 Å².